The van der Waals surface area contributed by atoms with Gasteiger partial charge < -0.3 is 15.3 Å². The summed E-state index contributed by atoms with van der Waals surface area (Å²) in [6.45, 7) is -0.206. The van der Waals surface area contributed by atoms with Crippen LogP contribution in [0.2, 0.25) is 0 Å². The first kappa shape index (κ1) is 12.9. The van der Waals surface area contributed by atoms with E-state index in [1.54, 1.807) is 6.08 Å². The lowest BCUT2D eigenvalue weighted by molar-refractivity contribution is -0.131. The minimum Gasteiger partial charge on any atom is -0.478 e. The predicted octanol–water partition coefficient (Wildman–Crippen LogP) is 0.707. The monoisotopic (exact) mass is 200 g/mol. The first-order valence-electron chi connectivity index (χ1n) is 4.52. The van der Waals surface area contributed by atoms with Gasteiger partial charge in [-0.05, 0) is 19.3 Å². The molecule has 4 nitrogen and oxygen atoms in total. The van der Waals surface area contributed by atoms with Crippen LogP contribution in [0.1, 0.15) is 19.3 Å². The third-order valence-electron chi connectivity index (χ3n) is 1.60. The largest absolute Gasteiger partial charge is 0.478 e. The SMILES string of the molecule is O=C(O)C=CC=CCCCC(O)CO. The smallest absolute Gasteiger partial charge is 0.328 e. The molecular formula is C10H16O4. The normalized spacial score (nSPS) is 13.9. The van der Waals surface area contributed by atoms with Gasteiger partial charge in [-0.25, -0.2) is 4.79 Å². The van der Waals surface area contributed by atoms with Crippen LogP contribution in [0.25, 0.3) is 0 Å². The summed E-state index contributed by atoms with van der Waals surface area (Å²) >= 11 is 0. The number of allylic oxidation sites excluding steroid dienone is 3. The molecule has 0 radical (unpaired) electrons. The summed E-state index contributed by atoms with van der Waals surface area (Å²) in [6.07, 6.45) is 7.44. The molecule has 14 heavy (non-hydrogen) atoms. The quantitative estimate of drug-likeness (QED) is 0.321. The maximum atomic E-state index is 10.0. The molecule has 4 heteroatoms. The molecule has 0 rings (SSSR count). The molecule has 0 aliphatic carbocycles. The topological polar surface area (TPSA) is 77.8 Å². The number of hydrogen-bond acceptors (Lipinski definition) is 3. The van der Waals surface area contributed by atoms with E-state index in [9.17, 15) is 4.79 Å². The molecule has 0 spiro atoms. The summed E-state index contributed by atoms with van der Waals surface area (Å²) in [5, 5.41) is 25.7. The minimum atomic E-state index is -0.967. The fourth-order valence-electron chi connectivity index (χ4n) is 0.875. The third kappa shape index (κ3) is 8.96. The van der Waals surface area contributed by atoms with Gasteiger partial charge in [0.15, 0.2) is 0 Å². The number of hydrogen-bond donors (Lipinski definition) is 3. The van der Waals surface area contributed by atoms with Crippen molar-refractivity contribution in [3.63, 3.8) is 0 Å². The molecule has 0 fully saturated rings. The number of carboxylic acid groups (broad SMARTS) is 1. The number of aliphatic hydroxyl groups excluding tert-OH is 2. The molecule has 0 amide bonds. The van der Waals surface area contributed by atoms with Gasteiger partial charge in [-0.2, -0.15) is 0 Å². The second-order valence-corrected chi connectivity index (χ2v) is 2.89. The van der Waals surface area contributed by atoms with Gasteiger partial charge in [0.05, 0.1) is 12.7 Å². The zero-order chi connectivity index (χ0) is 10.8. The van der Waals surface area contributed by atoms with Gasteiger partial charge in [-0.1, -0.05) is 18.2 Å². The van der Waals surface area contributed by atoms with Gasteiger partial charge in [-0.15, -0.1) is 0 Å². The highest BCUT2D eigenvalue weighted by atomic mass is 16.4. The molecule has 0 aromatic heterocycles. The van der Waals surface area contributed by atoms with Crippen molar-refractivity contribution in [3.05, 3.63) is 24.3 Å². The summed E-state index contributed by atoms with van der Waals surface area (Å²) in [5.74, 6) is -0.967. The van der Waals surface area contributed by atoms with E-state index >= 15 is 0 Å². The Morgan fingerprint density at radius 2 is 2.07 bits per heavy atom. The van der Waals surface area contributed by atoms with E-state index in [4.69, 9.17) is 15.3 Å². The van der Waals surface area contributed by atoms with Crippen LogP contribution in [0.15, 0.2) is 24.3 Å². The number of aliphatic carboxylic acids is 1. The summed E-state index contributed by atoms with van der Waals surface area (Å²) in [7, 11) is 0. The standard InChI is InChI=1S/C10H16O4/c11-8-9(12)6-4-2-1-3-5-7-10(13)14/h1,3,5,7,9,11-12H,2,4,6,8H2,(H,13,14). The van der Waals surface area contributed by atoms with Crippen LogP contribution in [0.5, 0.6) is 0 Å². The molecule has 80 valence electrons. The van der Waals surface area contributed by atoms with E-state index in [2.05, 4.69) is 0 Å². The van der Waals surface area contributed by atoms with E-state index < -0.39 is 12.1 Å². The Bertz CT molecular complexity index is 208. The van der Waals surface area contributed by atoms with Crippen LogP contribution in [0.4, 0.5) is 0 Å². The highest BCUT2D eigenvalue weighted by Gasteiger charge is 1.98. The summed E-state index contributed by atoms with van der Waals surface area (Å²) < 4.78 is 0. The van der Waals surface area contributed by atoms with Crippen molar-refractivity contribution in [2.24, 2.45) is 0 Å². The Hall–Kier alpha value is -1.13. The molecule has 1 atom stereocenters. The molecule has 1 unspecified atom stereocenters. The van der Waals surface area contributed by atoms with Crippen molar-refractivity contribution in [3.8, 4) is 0 Å². The highest BCUT2D eigenvalue weighted by Crippen LogP contribution is 2.00. The number of carbonyl (C=O) groups is 1. The summed E-state index contributed by atoms with van der Waals surface area (Å²) in [4.78, 5) is 10.0. The molecule has 0 aromatic rings. The molecule has 0 heterocycles. The first-order valence-corrected chi connectivity index (χ1v) is 4.52. The van der Waals surface area contributed by atoms with Crippen molar-refractivity contribution < 1.29 is 20.1 Å². The number of unbranched alkanes of at least 4 members (excludes halogenated alkanes) is 1. The van der Waals surface area contributed by atoms with Gasteiger partial charge in [0.25, 0.3) is 0 Å². The van der Waals surface area contributed by atoms with Crippen LogP contribution in [0, 0.1) is 0 Å². The number of carboxylic acids is 1. The van der Waals surface area contributed by atoms with E-state index in [0.717, 1.165) is 18.9 Å². The van der Waals surface area contributed by atoms with Crippen molar-refractivity contribution in [1.29, 1.82) is 0 Å². The van der Waals surface area contributed by atoms with Crippen LogP contribution in [0.3, 0.4) is 0 Å². The van der Waals surface area contributed by atoms with E-state index in [-0.39, 0.29) is 6.61 Å². The van der Waals surface area contributed by atoms with Gasteiger partial charge in [0.2, 0.25) is 0 Å². The third-order valence-corrected chi connectivity index (χ3v) is 1.60. The lowest BCUT2D eigenvalue weighted by Crippen LogP contribution is -2.10. The molecule has 0 saturated heterocycles. The Morgan fingerprint density at radius 3 is 2.64 bits per heavy atom. The van der Waals surface area contributed by atoms with E-state index in [1.807, 2.05) is 6.08 Å². The average molecular weight is 200 g/mol. The molecular weight excluding hydrogens is 184 g/mol. The highest BCUT2D eigenvalue weighted by molar-refractivity contribution is 5.80. The van der Waals surface area contributed by atoms with Crippen molar-refractivity contribution in [1.82, 2.24) is 0 Å². The lowest BCUT2D eigenvalue weighted by Gasteiger charge is -2.03. The van der Waals surface area contributed by atoms with Crippen LogP contribution in [-0.2, 0) is 4.79 Å². The fourth-order valence-corrected chi connectivity index (χ4v) is 0.875. The maximum absolute atomic E-state index is 10.0. The summed E-state index contributed by atoms with van der Waals surface area (Å²) in [6, 6.07) is 0. The number of aliphatic hydroxyl groups is 2. The van der Waals surface area contributed by atoms with Crippen LogP contribution in [-0.4, -0.2) is 34.0 Å². The molecule has 3 N–H and O–H groups in total. The first-order chi connectivity index (χ1) is 6.66. The predicted molar refractivity (Wildman–Crippen MR) is 52.9 cm³/mol. The van der Waals surface area contributed by atoms with Gasteiger partial charge in [0, 0.05) is 6.08 Å². The van der Waals surface area contributed by atoms with Crippen molar-refractivity contribution in [2.75, 3.05) is 6.61 Å². The van der Waals surface area contributed by atoms with Gasteiger partial charge in [-0.3, -0.25) is 0 Å². The summed E-state index contributed by atoms with van der Waals surface area (Å²) in [5.41, 5.74) is 0. The van der Waals surface area contributed by atoms with E-state index in [0.29, 0.717) is 6.42 Å². The maximum Gasteiger partial charge on any atom is 0.328 e. The van der Waals surface area contributed by atoms with Crippen molar-refractivity contribution >= 4 is 5.97 Å². The Labute approximate surface area is 83.2 Å². The molecule has 0 bridgehead atoms. The molecule has 0 saturated carbocycles. The average Bonchev–Trinajstić information content (AvgIpc) is 2.15. The van der Waals surface area contributed by atoms with E-state index in [1.165, 1.54) is 6.08 Å². The van der Waals surface area contributed by atoms with Gasteiger partial charge >= 0.3 is 5.97 Å². The van der Waals surface area contributed by atoms with Gasteiger partial charge in [0.1, 0.15) is 0 Å². The lowest BCUT2D eigenvalue weighted by atomic mass is 10.1. The molecule has 0 aliphatic heterocycles. The second kappa shape index (κ2) is 8.47. The zero-order valence-corrected chi connectivity index (χ0v) is 7.97. The molecule has 0 aliphatic rings. The van der Waals surface area contributed by atoms with Crippen LogP contribution < -0.4 is 0 Å². The Morgan fingerprint density at radius 1 is 1.36 bits per heavy atom. The number of rotatable bonds is 7. The van der Waals surface area contributed by atoms with Crippen molar-refractivity contribution in [2.45, 2.75) is 25.4 Å². The fraction of sp³-hybridized carbons (Fsp3) is 0.500. The Kier molecular flexibility index (Phi) is 7.78. The second-order valence-electron chi connectivity index (χ2n) is 2.89. The van der Waals surface area contributed by atoms with Crippen LogP contribution >= 0.6 is 0 Å². The minimum absolute atomic E-state index is 0.206. The molecule has 0 aromatic carbocycles. The zero-order valence-electron chi connectivity index (χ0n) is 7.97. The Balaban J connectivity index is 3.40.